The lowest BCUT2D eigenvalue weighted by atomic mass is 10.2. The maximum atomic E-state index is 5.31. The van der Waals surface area contributed by atoms with E-state index in [4.69, 9.17) is 4.74 Å². The average Bonchev–Trinajstić information content (AvgIpc) is 2.33. The highest BCUT2D eigenvalue weighted by Crippen LogP contribution is 2.30. The van der Waals surface area contributed by atoms with Gasteiger partial charge in [0.2, 0.25) is 0 Å². The van der Waals surface area contributed by atoms with E-state index < -0.39 is 0 Å². The number of benzene rings is 2. The van der Waals surface area contributed by atoms with Crippen LogP contribution in [0.3, 0.4) is 0 Å². The zero-order chi connectivity index (χ0) is 11.4. The first-order valence-corrected chi connectivity index (χ1v) is 5.74. The second kappa shape index (κ2) is 5.03. The largest absolute Gasteiger partial charge is 0.495 e. The van der Waals surface area contributed by atoms with Crippen LogP contribution in [0.1, 0.15) is 0 Å². The summed E-state index contributed by atoms with van der Waals surface area (Å²) in [7, 11) is 1.66. The molecule has 16 heavy (non-hydrogen) atoms. The van der Waals surface area contributed by atoms with Crippen LogP contribution in [0.5, 0.6) is 5.75 Å². The fourth-order valence-electron chi connectivity index (χ4n) is 1.45. The minimum absolute atomic E-state index is 0.818. The Hall–Kier alpha value is -1.48. The fraction of sp³-hybridized carbons (Fsp3) is 0.0769. The summed E-state index contributed by atoms with van der Waals surface area (Å²) in [6, 6.07) is 15.9. The van der Waals surface area contributed by atoms with Crippen LogP contribution in [-0.2, 0) is 0 Å². The predicted octanol–water partition coefficient (Wildman–Crippen LogP) is 4.20. The first kappa shape index (κ1) is 11.0. The van der Waals surface area contributed by atoms with Crippen molar-refractivity contribution < 1.29 is 4.74 Å². The van der Waals surface area contributed by atoms with Crippen LogP contribution in [0, 0.1) is 0 Å². The van der Waals surface area contributed by atoms with Gasteiger partial charge in [-0.2, -0.15) is 0 Å². The molecule has 3 heteroatoms. The molecule has 1 N–H and O–H groups in total. The molecule has 2 rings (SSSR count). The molecule has 0 aliphatic heterocycles. The minimum Gasteiger partial charge on any atom is -0.495 e. The third-order valence-electron chi connectivity index (χ3n) is 2.22. The lowest BCUT2D eigenvalue weighted by Gasteiger charge is -2.11. The van der Waals surface area contributed by atoms with Gasteiger partial charge < -0.3 is 10.1 Å². The second-order valence-corrected chi connectivity index (χ2v) is 4.25. The smallest absolute Gasteiger partial charge is 0.143 e. The quantitative estimate of drug-likeness (QED) is 0.908. The molecule has 0 amide bonds. The number of nitrogens with one attached hydrogen (secondary N) is 1. The van der Waals surface area contributed by atoms with Gasteiger partial charge in [-0.1, -0.05) is 34.1 Å². The van der Waals surface area contributed by atoms with Gasteiger partial charge >= 0.3 is 0 Å². The Morgan fingerprint density at radius 2 is 1.81 bits per heavy atom. The lowest BCUT2D eigenvalue weighted by Crippen LogP contribution is -1.94. The van der Waals surface area contributed by atoms with Gasteiger partial charge in [-0.05, 0) is 30.3 Å². The zero-order valence-corrected chi connectivity index (χ0v) is 10.5. The van der Waals surface area contributed by atoms with E-state index in [0.717, 1.165) is 21.6 Å². The summed E-state index contributed by atoms with van der Waals surface area (Å²) in [5.41, 5.74) is 2.00. The third-order valence-corrected chi connectivity index (χ3v) is 2.71. The van der Waals surface area contributed by atoms with Gasteiger partial charge in [0.05, 0.1) is 12.8 Å². The van der Waals surface area contributed by atoms with Crippen molar-refractivity contribution in [2.24, 2.45) is 0 Å². The van der Waals surface area contributed by atoms with Gasteiger partial charge in [0.15, 0.2) is 0 Å². The molecule has 82 valence electrons. The molecule has 0 bridgehead atoms. The normalized spacial score (nSPS) is 9.88. The Morgan fingerprint density at radius 3 is 2.50 bits per heavy atom. The summed E-state index contributed by atoms with van der Waals surface area (Å²) in [5.74, 6) is 0.818. The van der Waals surface area contributed by atoms with E-state index in [1.807, 2.05) is 48.5 Å². The van der Waals surface area contributed by atoms with Crippen LogP contribution in [0.4, 0.5) is 11.4 Å². The van der Waals surface area contributed by atoms with Gasteiger partial charge in [0.1, 0.15) is 5.75 Å². The van der Waals surface area contributed by atoms with E-state index in [2.05, 4.69) is 21.2 Å². The van der Waals surface area contributed by atoms with Crippen molar-refractivity contribution in [2.75, 3.05) is 12.4 Å². The summed E-state index contributed by atoms with van der Waals surface area (Å²) in [6.07, 6.45) is 0. The molecule has 2 nitrogen and oxygen atoms in total. The fourth-order valence-corrected chi connectivity index (χ4v) is 1.79. The highest BCUT2D eigenvalue weighted by Gasteiger charge is 2.03. The molecular weight excluding hydrogens is 266 g/mol. The Labute approximate surface area is 103 Å². The molecule has 2 aromatic rings. The van der Waals surface area contributed by atoms with Crippen molar-refractivity contribution in [1.82, 2.24) is 0 Å². The number of rotatable bonds is 3. The van der Waals surface area contributed by atoms with Crippen molar-refractivity contribution in [2.45, 2.75) is 0 Å². The predicted molar refractivity (Wildman–Crippen MR) is 70.4 cm³/mol. The van der Waals surface area contributed by atoms with Crippen molar-refractivity contribution in [1.29, 1.82) is 0 Å². The summed E-state index contributed by atoms with van der Waals surface area (Å²) in [5, 5.41) is 3.30. The summed E-state index contributed by atoms with van der Waals surface area (Å²) in [4.78, 5) is 0. The molecule has 0 atom stereocenters. The summed E-state index contributed by atoms with van der Waals surface area (Å²) < 4.78 is 6.31. The lowest BCUT2D eigenvalue weighted by molar-refractivity contribution is 0.416. The number of ether oxygens (including phenoxy) is 1. The maximum absolute atomic E-state index is 5.31. The van der Waals surface area contributed by atoms with Crippen molar-refractivity contribution >= 4 is 27.3 Å². The van der Waals surface area contributed by atoms with E-state index in [-0.39, 0.29) is 0 Å². The molecule has 0 unspecified atom stereocenters. The first-order chi connectivity index (χ1) is 7.79. The molecule has 0 aliphatic carbocycles. The Kier molecular flexibility index (Phi) is 3.47. The molecule has 0 aliphatic rings. The molecule has 0 saturated heterocycles. The van der Waals surface area contributed by atoms with E-state index >= 15 is 0 Å². The molecular formula is C13H12BrNO. The number of methoxy groups -OCH3 is 1. The molecule has 0 heterocycles. The van der Waals surface area contributed by atoms with Gasteiger partial charge in [0, 0.05) is 10.2 Å². The molecule has 0 fully saturated rings. The monoisotopic (exact) mass is 277 g/mol. The topological polar surface area (TPSA) is 21.3 Å². The van der Waals surface area contributed by atoms with Crippen LogP contribution in [0.2, 0.25) is 0 Å². The standard InChI is InChI=1S/C13H12BrNO/c1-16-13-9-10(14)7-8-12(13)15-11-5-3-2-4-6-11/h2-9,15H,1H3. The van der Waals surface area contributed by atoms with Gasteiger partial charge in [-0.15, -0.1) is 0 Å². The number of hydrogen-bond acceptors (Lipinski definition) is 2. The molecule has 0 spiro atoms. The summed E-state index contributed by atoms with van der Waals surface area (Å²) >= 11 is 3.41. The van der Waals surface area contributed by atoms with Crippen LogP contribution in [0.25, 0.3) is 0 Å². The first-order valence-electron chi connectivity index (χ1n) is 4.95. The summed E-state index contributed by atoms with van der Waals surface area (Å²) in [6.45, 7) is 0. The van der Waals surface area contributed by atoms with Gasteiger partial charge in [-0.3, -0.25) is 0 Å². The molecule has 0 radical (unpaired) electrons. The van der Waals surface area contributed by atoms with Crippen molar-refractivity contribution in [3.8, 4) is 5.75 Å². The molecule has 0 aromatic heterocycles. The SMILES string of the molecule is COc1cc(Br)ccc1Nc1ccccc1. The van der Waals surface area contributed by atoms with Crippen molar-refractivity contribution in [3.63, 3.8) is 0 Å². The van der Waals surface area contributed by atoms with E-state index in [1.54, 1.807) is 7.11 Å². The van der Waals surface area contributed by atoms with E-state index in [1.165, 1.54) is 0 Å². The number of anilines is 2. The van der Waals surface area contributed by atoms with E-state index in [0.29, 0.717) is 0 Å². The average molecular weight is 278 g/mol. The second-order valence-electron chi connectivity index (χ2n) is 3.34. The Balaban J connectivity index is 2.28. The number of para-hydroxylation sites is 1. The minimum atomic E-state index is 0.818. The van der Waals surface area contributed by atoms with Crippen molar-refractivity contribution in [3.05, 3.63) is 53.0 Å². The van der Waals surface area contributed by atoms with Gasteiger partial charge in [0.25, 0.3) is 0 Å². The molecule has 0 saturated carbocycles. The van der Waals surface area contributed by atoms with Gasteiger partial charge in [-0.25, -0.2) is 0 Å². The van der Waals surface area contributed by atoms with Crippen LogP contribution in [0.15, 0.2) is 53.0 Å². The Morgan fingerprint density at radius 1 is 1.06 bits per heavy atom. The Bertz CT molecular complexity index is 471. The third kappa shape index (κ3) is 2.55. The number of halogens is 1. The zero-order valence-electron chi connectivity index (χ0n) is 8.91. The van der Waals surface area contributed by atoms with E-state index in [9.17, 15) is 0 Å². The number of hydrogen-bond donors (Lipinski definition) is 1. The van der Waals surface area contributed by atoms with Crippen LogP contribution >= 0.6 is 15.9 Å². The van der Waals surface area contributed by atoms with Crippen LogP contribution < -0.4 is 10.1 Å². The highest BCUT2D eigenvalue weighted by atomic mass is 79.9. The van der Waals surface area contributed by atoms with Crippen LogP contribution in [-0.4, -0.2) is 7.11 Å². The highest BCUT2D eigenvalue weighted by molar-refractivity contribution is 9.10. The molecule has 2 aromatic carbocycles. The maximum Gasteiger partial charge on any atom is 0.143 e.